The van der Waals surface area contributed by atoms with Crippen LogP contribution in [0.25, 0.3) is 0 Å². The predicted molar refractivity (Wildman–Crippen MR) is 70.6 cm³/mol. The van der Waals surface area contributed by atoms with E-state index in [1.165, 1.54) is 51.5 Å². The first kappa shape index (κ1) is 12.9. The Bertz CT molecular complexity index is 273. The van der Waals surface area contributed by atoms with E-state index >= 15 is 0 Å². The third kappa shape index (κ3) is 3.01. The highest BCUT2D eigenvalue weighted by molar-refractivity contribution is 5.03. The van der Waals surface area contributed by atoms with Gasteiger partial charge in [0, 0.05) is 12.6 Å². The zero-order chi connectivity index (χ0) is 12.1. The van der Waals surface area contributed by atoms with E-state index in [-0.39, 0.29) is 5.41 Å². The highest BCUT2D eigenvalue weighted by Gasteiger charge is 2.36. The molecule has 1 atom stereocenters. The van der Waals surface area contributed by atoms with Crippen molar-refractivity contribution in [1.29, 1.82) is 5.26 Å². The van der Waals surface area contributed by atoms with Gasteiger partial charge in [-0.05, 0) is 38.6 Å². The summed E-state index contributed by atoms with van der Waals surface area (Å²) in [6, 6.07) is 3.41. The van der Waals surface area contributed by atoms with E-state index in [2.05, 4.69) is 17.9 Å². The summed E-state index contributed by atoms with van der Waals surface area (Å²) in [5.41, 5.74) is -0.0109. The number of hydrogen-bond donors (Lipinski definition) is 0. The van der Waals surface area contributed by atoms with Crippen LogP contribution in [0.2, 0.25) is 0 Å². The Labute approximate surface area is 106 Å². The van der Waals surface area contributed by atoms with Crippen LogP contribution >= 0.6 is 0 Å². The summed E-state index contributed by atoms with van der Waals surface area (Å²) >= 11 is 0. The molecular weight excluding hydrogens is 208 g/mol. The second kappa shape index (κ2) is 5.87. The predicted octanol–water partition coefficient (Wildman–Crippen LogP) is 3.72. The summed E-state index contributed by atoms with van der Waals surface area (Å²) in [5.74, 6) is 0. The summed E-state index contributed by atoms with van der Waals surface area (Å²) in [6.45, 7) is 4.56. The Morgan fingerprint density at radius 3 is 2.59 bits per heavy atom. The molecule has 0 aromatic rings. The van der Waals surface area contributed by atoms with Gasteiger partial charge >= 0.3 is 0 Å². The Morgan fingerprint density at radius 2 is 1.94 bits per heavy atom. The standard InChI is InChI=1S/C15H26N2/c1-2-14-8-4-7-11-17(14)13-15(12-16)9-5-3-6-10-15/h14H,2-11,13H2,1H3. The largest absolute Gasteiger partial charge is 0.299 e. The Morgan fingerprint density at radius 1 is 1.18 bits per heavy atom. The fraction of sp³-hybridized carbons (Fsp3) is 0.933. The van der Waals surface area contributed by atoms with Crippen molar-refractivity contribution in [2.45, 2.75) is 70.8 Å². The molecule has 0 bridgehead atoms. The van der Waals surface area contributed by atoms with Gasteiger partial charge in [0.1, 0.15) is 0 Å². The molecule has 96 valence electrons. The van der Waals surface area contributed by atoms with Gasteiger partial charge in [0.15, 0.2) is 0 Å². The van der Waals surface area contributed by atoms with Crippen molar-refractivity contribution in [3.63, 3.8) is 0 Å². The van der Waals surface area contributed by atoms with Crippen LogP contribution < -0.4 is 0 Å². The monoisotopic (exact) mass is 234 g/mol. The molecule has 1 unspecified atom stereocenters. The van der Waals surface area contributed by atoms with Crippen LogP contribution in [-0.4, -0.2) is 24.0 Å². The van der Waals surface area contributed by atoms with Crippen molar-refractivity contribution in [3.05, 3.63) is 0 Å². The molecule has 0 N–H and O–H groups in total. The minimum Gasteiger partial charge on any atom is -0.299 e. The molecule has 1 heterocycles. The van der Waals surface area contributed by atoms with E-state index in [0.717, 1.165) is 25.4 Å². The molecule has 1 aliphatic heterocycles. The van der Waals surface area contributed by atoms with Crippen LogP contribution in [0.5, 0.6) is 0 Å². The first-order valence-corrected chi connectivity index (χ1v) is 7.45. The highest BCUT2D eigenvalue weighted by atomic mass is 15.2. The van der Waals surface area contributed by atoms with Crippen molar-refractivity contribution in [2.24, 2.45) is 5.41 Å². The summed E-state index contributed by atoms with van der Waals surface area (Å²) in [6.07, 6.45) is 11.4. The molecule has 0 amide bonds. The number of piperidine rings is 1. The van der Waals surface area contributed by atoms with Gasteiger partial charge in [0.2, 0.25) is 0 Å². The van der Waals surface area contributed by atoms with Crippen molar-refractivity contribution < 1.29 is 0 Å². The lowest BCUT2D eigenvalue weighted by molar-refractivity contribution is 0.0833. The van der Waals surface area contributed by atoms with Crippen LogP contribution in [0.15, 0.2) is 0 Å². The van der Waals surface area contributed by atoms with Crippen molar-refractivity contribution in [3.8, 4) is 6.07 Å². The normalized spacial score (nSPS) is 29.8. The minimum atomic E-state index is -0.0109. The van der Waals surface area contributed by atoms with Gasteiger partial charge in [0.05, 0.1) is 11.5 Å². The van der Waals surface area contributed by atoms with Gasteiger partial charge in [-0.3, -0.25) is 4.90 Å². The summed E-state index contributed by atoms with van der Waals surface area (Å²) < 4.78 is 0. The lowest BCUT2D eigenvalue weighted by Crippen LogP contribution is -2.46. The van der Waals surface area contributed by atoms with Gasteiger partial charge < -0.3 is 0 Å². The highest BCUT2D eigenvalue weighted by Crippen LogP contribution is 2.37. The zero-order valence-electron chi connectivity index (χ0n) is 11.2. The second-order valence-electron chi connectivity index (χ2n) is 5.98. The van der Waals surface area contributed by atoms with E-state index in [1.54, 1.807) is 0 Å². The fourth-order valence-corrected chi connectivity index (χ4v) is 3.65. The average molecular weight is 234 g/mol. The molecule has 1 saturated heterocycles. The maximum Gasteiger partial charge on any atom is 0.0703 e. The first-order valence-electron chi connectivity index (χ1n) is 7.45. The average Bonchev–Trinajstić information content (AvgIpc) is 2.40. The molecule has 0 radical (unpaired) electrons. The summed E-state index contributed by atoms with van der Waals surface area (Å²) in [4.78, 5) is 2.62. The second-order valence-corrected chi connectivity index (χ2v) is 5.98. The van der Waals surface area contributed by atoms with Crippen LogP contribution in [0, 0.1) is 16.7 Å². The van der Waals surface area contributed by atoms with Gasteiger partial charge in [-0.1, -0.05) is 32.6 Å². The van der Waals surface area contributed by atoms with E-state index in [9.17, 15) is 5.26 Å². The number of nitrogens with zero attached hydrogens (tertiary/aromatic N) is 2. The molecule has 0 aromatic carbocycles. The lowest BCUT2D eigenvalue weighted by atomic mass is 9.74. The first-order chi connectivity index (χ1) is 8.29. The van der Waals surface area contributed by atoms with Crippen LogP contribution in [0.3, 0.4) is 0 Å². The molecule has 2 heteroatoms. The SMILES string of the molecule is CCC1CCCCN1CC1(C#N)CCCCC1. The van der Waals surface area contributed by atoms with Gasteiger partial charge in [0.25, 0.3) is 0 Å². The maximum absolute atomic E-state index is 9.55. The number of likely N-dealkylation sites (tertiary alicyclic amines) is 1. The molecule has 1 saturated carbocycles. The Hall–Kier alpha value is -0.550. The molecule has 2 aliphatic rings. The molecule has 17 heavy (non-hydrogen) atoms. The van der Waals surface area contributed by atoms with Crippen LogP contribution in [0.1, 0.15) is 64.7 Å². The van der Waals surface area contributed by atoms with Crippen molar-refractivity contribution >= 4 is 0 Å². The summed E-state index contributed by atoms with van der Waals surface area (Å²) in [5, 5.41) is 9.55. The smallest absolute Gasteiger partial charge is 0.0703 e. The number of hydrogen-bond acceptors (Lipinski definition) is 2. The molecule has 0 aromatic heterocycles. The van der Waals surface area contributed by atoms with Gasteiger partial charge in [-0.25, -0.2) is 0 Å². The molecule has 2 fully saturated rings. The van der Waals surface area contributed by atoms with Gasteiger partial charge in [-0.15, -0.1) is 0 Å². The molecule has 0 spiro atoms. The molecule has 2 nitrogen and oxygen atoms in total. The van der Waals surface area contributed by atoms with E-state index in [0.29, 0.717) is 0 Å². The van der Waals surface area contributed by atoms with E-state index in [4.69, 9.17) is 0 Å². The van der Waals surface area contributed by atoms with Crippen LogP contribution in [-0.2, 0) is 0 Å². The third-order valence-corrected chi connectivity index (χ3v) is 4.77. The Balaban J connectivity index is 1.99. The van der Waals surface area contributed by atoms with E-state index in [1.807, 2.05) is 0 Å². The minimum absolute atomic E-state index is 0.0109. The molecular formula is C15H26N2. The topological polar surface area (TPSA) is 27.0 Å². The molecule has 1 aliphatic carbocycles. The van der Waals surface area contributed by atoms with E-state index < -0.39 is 0 Å². The van der Waals surface area contributed by atoms with Crippen molar-refractivity contribution in [1.82, 2.24) is 4.90 Å². The van der Waals surface area contributed by atoms with Gasteiger partial charge in [-0.2, -0.15) is 5.26 Å². The maximum atomic E-state index is 9.55. The van der Waals surface area contributed by atoms with Crippen molar-refractivity contribution in [2.75, 3.05) is 13.1 Å². The molecule has 2 rings (SSSR count). The fourth-order valence-electron chi connectivity index (χ4n) is 3.65. The zero-order valence-corrected chi connectivity index (χ0v) is 11.2. The number of rotatable bonds is 3. The third-order valence-electron chi connectivity index (χ3n) is 4.77. The van der Waals surface area contributed by atoms with Crippen LogP contribution in [0.4, 0.5) is 0 Å². The summed E-state index contributed by atoms with van der Waals surface area (Å²) in [7, 11) is 0. The lowest BCUT2D eigenvalue weighted by Gasteiger charge is -2.41. The number of nitriles is 1. The Kier molecular flexibility index (Phi) is 4.45. The quantitative estimate of drug-likeness (QED) is 0.744.